The average molecular weight is 519 g/mol. The van der Waals surface area contributed by atoms with E-state index in [4.69, 9.17) is 14.2 Å². The van der Waals surface area contributed by atoms with Crippen molar-refractivity contribution in [3.8, 4) is 11.5 Å². The van der Waals surface area contributed by atoms with Crippen molar-refractivity contribution in [1.82, 2.24) is 10.3 Å². The van der Waals surface area contributed by atoms with E-state index in [1.165, 1.54) is 43.9 Å². The standard InChI is InChI=1S/C26H28F2N2O5S/c1-15(2)23(24-30-14-22(36-24)26(32)34-4)29-11-5-6-16-7-9-18(13-19(16)25(31)33-3)35-21-10-8-17(27)12-20(21)28/h7-10,12-15,23,29H,5-6,11H2,1-4H3. The Hall–Kier alpha value is -3.37. The minimum atomic E-state index is -0.844. The predicted octanol–water partition coefficient (Wildman–Crippen LogP) is 5.71. The van der Waals surface area contributed by atoms with E-state index in [-0.39, 0.29) is 23.5 Å². The van der Waals surface area contributed by atoms with Crippen molar-refractivity contribution in [3.63, 3.8) is 0 Å². The Morgan fingerprint density at radius 3 is 2.47 bits per heavy atom. The highest BCUT2D eigenvalue weighted by atomic mass is 32.1. The fourth-order valence-corrected chi connectivity index (χ4v) is 4.68. The van der Waals surface area contributed by atoms with Gasteiger partial charge in [-0.25, -0.2) is 23.4 Å². The molecule has 0 fully saturated rings. The van der Waals surface area contributed by atoms with Crippen LogP contribution in [0.15, 0.2) is 42.6 Å². The van der Waals surface area contributed by atoms with E-state index < -0.39 is 23.6 Å². The van der Waals surface area contributed by atoms with Gasteiger partial charge in [-0.1, -0.05) is 19.9 Å². The number of ether oxygens (including phenoxy) is 3. The SMILES string of the molecule is COC(=O)c1cnc(C(NCCCc2ccc(Oc3ccc(F)cc3F)cc2C(=O)OC)C(C)C)s1. The van der Waals surface area contributed by atoms with Gasteiger partial charge in [0.15, 0.2) is 11.6 Å². The highest BCUT2D eigenvalue weighted by Crippen LogP contribution is 2.29. The second kappa shape index (κ2) is 12.5. The molecule has 1 atom stereocenters. The molecule has 0 saturated heterocycles. The molecule has 0 aliphatic carbocycles. The third-order valence-corrected chi connectivity index (χ3v) is 6.50. The molecule has 3 rings (SSSR count). The lowest BCUT2D eigenvalue weighted by Crippen LogP contribution is -2.27. The van der Waals surface area contributed by atoms with Crippen LogP contribution in [0.25, 0.3) is 0 Å². The lowest BCUT2D eigenvalue weighted by molar-refractivity contribution is 0.0593. The fraction of sp³-hybridized carbons (Fsp3) is 0.346. The smallest absolute Gasteiger partial charge is 0.349 e. The Bertz CT molecular complexity index is 1210. The van der Waals surface area contributed by atoms with Gasteiger partial charge in [0.2, 0.25) is 0 Å². The number of methoxy groups -OCH3 is 2. The van der Waals surface area contributed by atoms with Gasteiger partial charge in [0.05, 0.1) is 32.0 Å². The van der Waals surface area contributed by atoms with E-state index in [0.29, 0.717) is 29.8 Å². The van der Waals surface area contributed by atoms with Crippen LogP contribution in [-0.2, 0) is 15.9 Å². The number of benzene rings is 2. The van der Waals surface area contributed by atoms with Crippen molar-refractivity contribution in [1.29, 1.82) is 0 Å². The van der Waals surface area contributed by atoms with Gasteiger partial charge in [-0.15, -0.1) is 11.3 Å². The van der Waals surface area contributed by atoms with Crippen LogP contribution in [0.4, 0.5) is 8.78 Å². The van der Waals surface area contributed by atoms with E-state index >= 15 is 0 Å². The number of esters is 2. The first-order valence-corrected chi connectivity index (χ1v) is 12.2. The Kier molecular flexibility index (Phi) is 9.49. The third kappa shape index (κ3) is 6.86. The molecule has 0 amide bonds. The number of hydrogen-bond acceptors (Lipinski definition) is 8. The van der Waals surface area contributed by atoms with Gasteiger partial charge in [-0.2, -0.15) is 0 Å². The number of carbonyl (C=O) groups is 2. The number of halogens is 2. The summed E-state index contributed by atoms with van der Waals surface area (Å²) in [6.07, 6.45) is 2.79. The van der Waals surface area contributed by atoms with Crippen LogP contribution in [-0.4, -0.2) is 37.7 Å². The highest BCUT2D eigenvalue weighted by Gasteiger charge is 2.21. The normalized spacial score (nSPS) is 11.9. The second-order valence-corrected chi connectivity index (χ2v) is 9.38. The number of thiazole rings is 1. The summed E-state index contributed by atoms with van der Waals surface area (Å²) in [4.78, 5) is 29.0. The molecule has 1 N–H and O–H groups in total. The van der Waals surface area contributed by atoms with Crippen LogP contribution < -0.4 is 10.1 Å². The summed E-state index contributed by atoms with van der Waals surface area (Å²) in [6.45, 7) is 4.76. The van der Waals surface area contributed by atoms with Gasteiger partial charge >= 0.3 is 11.9 Å². The van der Waals surface area contributed by atoms with Crippen molar-refractivity contribution in [2.75, 3.05) is 20.8 Å². The van der Waals surface area contributed by atoms with Crippen molar-refractivity contribution in [3.05, 3.63) is 75.2 Å². The molecule has 7 nitrogen and oxygen atoms in total. The largest absolute Gasteiger partial charge is 0.465 e. The topological polar surface area (TPSA) is 86.8 Å². The van der Waals surface area contributed by atoms with Crippen molar-refractivity contribution >= 4 is 23.3 Å². The molecule has 10 heteroatoms. The Labute approximate surface area is 212 Å². The minimum Gasteiger partial charge on any atom is -0.465 e. The maximum Gasteiger partial charge on any atom is 0.349 e. The van der Waals surface area contributed by atoms with E-state index in [9.17, 15) is 18.4 Å². The first kappa shape index (κ1) is 27.2. The molecule has 192 valence electrons. The molecule has 0 aliphatic heterocycles. The Morgan fingerprint density at radius 1 is 1.06 bits per heavy atom. The monoisotopic (exact) mass is 518 g/mol. The van der Waals surface area contributed by atoms with Crippen LogP contribution in [0.5, 0.6) is 11.5 Å². The summed E-state index contributed by atoms with van der Waals surface area (Å²) >= 11 is 1.30. The number of nitrogens with one attached hydrogen (secondary N) is 1. The molecule has 2 aromatic carbocycles. The van der Waals surface area contributed by atoms with Gasteiger partial charge < -0.3 is 19.5 Å². The van der Waals surface area contributed by atoms with Gasteiger partial charge in [-0.05, 0) is 55.1 Å². The summed E-state index contributed by atoms with van der Waals surface area (Å²) in [5.41, 5.74) is 1.06. The number of nitrogens with zero attached hydrogens (tertiary/aromatic N) is 1. The molecule has 1 unspecified atom stereocenters. The number of aromatic nitrogens is 1. The quantitative estimate of drug-likeness (QED) is 0.257. The van der Waals surface area contributed by atoms with Gasteiger partial charge in [0.25, 0.3) is 0 Å². The predicted molar refractivity (Wildman–Crippen MR) is 132 cm³/mol. The maximum atomic E-state index is 14.0. The van der Waals surface area contributed by atoms with Crippen molar-refractivity contribution in [2.24, 2.45) is 5.92 Å². The van der Waals surface area contributed by atoms with E-state index in [1.807, 2.05) is 0 Å². The van der Waals surface area contributed by atoms with E-state index in [1.54, 1.807) is 12.1 Å². The van der Waals surface area contributed by atoms with Gasteiger partial charge in [0, 0.05) is 6.07 Å². The van der Waals surface area contributed by atoms with Crippen LogP contribution in [0, 0.1) is 17.6 Å². The van der Waals surface area contributed by atoms with Gasteiger partial charge in [0.1, 0.15) is 21.5 Å². The molecule has 1 heterocycles. The summed E-state index contributed by atoms with van der Waals surface area (Å²) in [6, 6.07) is 7.79. The van der Waals surface area contributed by atoms with Crippen molar-refractivity contribution < 1.29 is 32.6 Å². The van der Waals surface area contributed by atoms with Crippen molar-refractivity contribution in [2.45, 2.75) is 32.7 Å². The lowest BCUT2D eigenvalue weighted by Gasteiger charge is -2.20. The maximum absolute atomic E-state index is 14.0. The number of aryl methyl sites for hydroxylation is 1. The van der Waals surface area contributed by atoms with Crippen LogP contribution in [0.1, 0.15) is 56.9 Å². The number of carbonyl (C=O) groups excluding carboxylic acids is 2. The summed E-state index contributed by atoms with van der Waals surface area (Å²) in [5.74, 6) is -2.20. The molecule has 0 radical (unpaired) electrons. The summed E-state index contributed by atoms with van der Waals surface area (Å²) < 4.78 is 42.3. The Balaban J connectivity index is 1.66. The molecule has 0 saturated carbocycles. The first-order valence-electron chi connectivity index (χ1n) is 11.3. The first-order chi connectivity index (χ1) is 17.2. The fourth-order valence-electron chi connectivity index (χ4n) is 3.59. The molecular weight excluding hydrogens is 490 g/mol. The molecule has 0 spiro atoms. The number of rotatable bonds is 11. The minimum absolute atomic E-state index is 0.0464. The molecule has 3 aromatic rings. The third-order valence-electron chi connectivity index (χ3n) is 5.44. The Morgan fingerprint density at radius 2 is 1.81 bits per heavy atom. The molecule has 0 bridgehead atoms. The highest BCUT2D eigenvalue weighted by molar-refractivity contribution is 7.13. The molecular formula is C26H28F2N2O5S. The molecule has 1 aromatic heterocycles. The van der Waals surface area contributed by atoms with Crippen LogP contribution in [0.2, 0.25) is 0 Å². The zero-order valence-corrected chi connectivity index (χ0v) is 21.3. The van der Waals surface area contributed by atoms with E-state index in [2.05, 4.69) is 24.1 Å². The van der Waals surface area contributed by atoms with E-state index in [0.717, 1.165) is 22.7 Å². The van der Waals surface area contributed by atoms with Crippen LogP contribution in [0.3, 0.4) is 0 Å². The second-order valence-electron chi connectivity index (χ2n) is 8.32. The zero-order valence-electron chi connectivity index (χ0n) is 20.5. The van der Waals surface area contributed by atoms with Gasteiger partial charge in [-0.3, -0.25) is 0 Å². The number of hydrogen-bond donors (Lipinski definition) is 1. The average Bonchev–Trinajstić information content (AvgIpc) is 3.34. The summed E-state index contributed by atoms with van der Waals surface area (Å²) in [5, 5.41) is 4.28. The zero-order chi connectivity index (χ0) is 26.2. The lowest BCUT2D eigenvalue weighted by atomic mass is 10.0. The summed E-state index contributed by atoms with van der Waals surface area (Å²) in [7, 11) is 2.62. The molecule has 36 heavy (non-hydrogen) atoms. The molecule has 0 aliphatic rings. The van der Waals surface area contributed by atoms with Crippen LogP contribution >= 0.6 is 11.3 Å².